The zero-order valence-corrected chi connectivity index (χ0v) is 10.3. The zero-order valence-electron chi connectivity index (χ0n) is 10.3. The van der Waals surface area contributed by atoms with Crippen molar-refractivity contribution in [2.75, 3.05) is 6.54 Å². The van der Waals surface area contributed by atoms with Crippen LogP contribution >= 0.6 is 0 Å². The van der Waals surface area contributed by atoms with Crippen molar-refractivity contribution in [1.82, 2.24) is 5.32 Å². The van der Waals surface area contributed by atoms with Gasteiger partial charge in [0.2, 0.25) is 0 Å². The Morgan fingerprint density at radius 3 is 2.47 bits per heavy atom. The molecule has 0 aliphatic carbocycles. The highest BCUT2D eigenvalue weighted by atomic mass is 16.3. The smallest absolute Gasteiger partial charge is 0.105 e. The predicted molar refractivity (Wildman–Crippen MR) is 62.9 cm³/mol. The normalized spacial score (nSPS) is 14.3. The van der Waals surface area contributed by atoms with E-state index in [-0.39, 0.29) is 11.6 Å². The van der Waals surface area contributed by atoms with Gasteiger partial charge in [0.15, 0.2) is 0 Å². The van der Waals surface area contributed by atoms with Gasteiger partial charge >= 0.3 is 0 Å². The summed E-state index contributed by atoms with van der Waals surface area (Å²) in [7, 11) is 0. The minimum atomic E-state index is -0.180. The highest BCUT2D eigenvalue weighted by Gasteiger charge is 2.16. The molecule has 15 heavy (non-hydrogen) atoms. The molecular formula is C12H22N2O. The van der Waals surface area contributed by atoms with Crippen LogP contribution in [-0.2, 0) is 0 Å². The lowest BCUT2D eigenvalue weighted by Crippen LogP contribution is -2.43. The first-order valence-electron chi connectivity index (χ1n) is 5.39. The molecule has 0 aliphatic heterocycles. The number of nitrogens with two attached hydrogens (primary N) is 1. The van der Waals surface area contributed by atoms with Gasteiger partial charge in [0, 0.05) is 23.7 Å². The Kier molecular flexibility index (Phi) is 3.58. The number of rotatable bonds is 4. The van der Waals surface area contributed by atoms with E-state index in [1.807, 2.05) is 27.7 Å². The van der Waals surface area contributed by atoms with Gasteiger partial charge < -0.3 is 15.5 Å². The maximum atomic E-state index is 5.92. The van der Waals surface area contributed by atoms with Gasteiger partial charge in [-0.25, -0.2) is 0 Å². The Labute approximate surface area is 92.0 Å². The fourth-order valence-electron chi connectivity index (χ4n) is 1.61. The molecule has 1 rings (SSSR count). The molecular weight excluding hydrogens is 188 g/mol. The third kappa shape index (κ3) is 3.68. The van der Waals surface area contributed by atoms with Crippen LogP contribution in [0.25, 0.3) is 0 Å². The lowest BCUT2D eigenvalue weighted by molar-refractivity contribution is 0.429. The lowest BCUT2D eigenvalue weighted by atomic mass is 10.1. The number of furan rings is 1. The van der Waals surface area contributed by atoms with E-state index in [0.29, 0.717) is 0 Å². The second-order valence-corrected chi connectivity index (χ2v) is 4.96. The molecule has 1 heterocycles. The van der Waals surface area contributed by atoms with Crippen molar-refractivity contribution >= 4 is 0 Å². The quantitative estimate of drug-likeness (QED) is 0.801. The summed E-state index contributed by atoms with van der Waals surface area (Å²) in [5.74, 6) is 1.95. The zero-order chi connectivity index (χ0) is 11.6. The van der Waals surface area contributed by atoms with E-state index in [2.05, 4.69) is 18.3 Å². The summed E-state index contributed by atoms with van der Waals surface area (Å²) in [6, 6.07) is 2.36. The molecule has 3 nitrogen and oxygen atoms in total. The minimum Gasteiger partial charge on any atom is -0.466 e. The highest BCUT2D eigenvalue weighted by molar-refractivity contribution is 5.23. The summed E-state index contributed by atoms with van der Waals surface area (Å²) < 4.78 is 5.50. The number of nitrogens with one attached hydrogen (secondary N) is 1. The monoisotopic (exact) mass is 210 g/mol. The second kappa shape index (κ2) is 4.37. The SMILES string of the molecule is Cc1cc(C(C)NCC(C)(C)N)c(C)o1. The van der Waals surface area contributed by atoms with Crippen molar-refractivity contribution in [3.63, 3.8) is 0 Å². The van der Waals surface area contributed by atoms with E-state index < -0.39 is 0 Å². The molecule has 1 aromatic rings. The molecule has 0 saturated carbocycles. The van der Waals surface area contributed by atoms with Gasteiger partial charge in [0.05, 0.1) is 0 Å². The summed E-state index contributed by atoms with van der Waals surface area (Å²) in [5.41, 5.74) is 6.96. The maximum Gasteiger partial charge on any atom is 0.105 e. The van der Waals surface area contributed by atoms with Crippen molar-refractivity contribution in [2.45, 2.75) is 46.2 Å². The molecule has 0 radical (unpaired) electrons. The van der Waals surface area contributed by atoms with Crippen molar-refractivity contribution in [2.24, 2.45) is 5.73 Å². The van der Waals surface area contributed by atoms with Crippen LogP contribution in [0, 0.1) is 13.8 Å². The van der Waals surface area contributed by atoms with Gasteiger partial charge in [-0.2, -0.15) is 0 Å². The van der Waals surface area contributed by atoms with Crippen LogP contribution in [0.2, 0.25) is 0 Å². The number of hydrogen-bond donors (Lipinski definition) is 2. The van der Waals surface area contributed by atoms with E-state index in [0.717, 1.165) is 18.1 Å². The molecule has 0 saturated heterocycles. The number of hydrogen-bond acceptors (Lipinski definition) is 3. The van der Waals surface area contributed by atoms with Gasteiger partial charge in [-0.3, -0.25) is 0 Å². The Hall–Kier alpha value is -0.800. The number of aryl methyl sites for hydroxylation is 2. The van der Waals surface area contributed by atoms with E-state index in [4.69, 9.17) is 10.2 Å². The summed E-state index contributed by atoms with van der Waals surface area (Å²) in [4.78, 5) is 0. The Morgan fingerprint density at radius 1 is 1.47 bits per heavy atom. The molecule has 0 bridgehead atoms. The molecule has 0 spiro atoms. The average Bonchev–Trinajstić information content (AvgIpc) is 2.40. The molecule has 0 amide bonds. The van der Waals surface area contributed by atoms with Gasteiger partial charge in [-0.15, -0.1) is 0 Å². The first kappa shape index (κ1) is 12.3. The maximum absolute atomic E-state index is 5.92. The van der Waals surface area contributed by atoms with E-state index in [1.54, 1.807) is 0 Å². The Balaban J connectivity index is 2.61. The fourth-order valence-corrected chi connectivity index (χ4v) is 1.61. The molecule has 3 heteroatoms. The third-order valence-corrected chi connectivity index (χ3v) is 2.41. The first-order chi connectivity index (χ1) is 6.79. The van der Waals surface area contributed by atoms with Crippen LogP contribution in [0.3, 0.4) is 0 Å². The van der Waals surface area contributed by atoms with Crippen LogP contribution in [0.1, 0.15) is 43.9 Å². The van der Waals surface area contributed by atoms with Crippen LogP contribution in [0.15, 0.2) is 10.5 Å². The van der Waals surface area contributed by atoms with Gasteiger partial charge in [-0.05, 0) is 40.7 Å². The van der Waals surface area contributed by atoms with Crippen LogP contribution in [-0.4, -0.2) is 12.1 Å². The lowest BCUT2D eigenvalue weighted by Gasteiger charge is -2.22. The highest BCUT2D eigenvalue weighted by Crippen LogP contribution is 2.21. The molecule has 1 atom stereocenters. The summed E-state index contributed by atoms with van der Waals surface area (Å²) >= 11 is 0. The van der Waals surface area contributed by atoms with Crippen molar-refractivity contribution in [1.29, 1.82) is 0 Å². The minimum absolute atomic E-state index is 0.180. The summed E-state index contributed by atoms with van der Waals surface area (Å²) in [6.45, 7) is 10.9. The largest absolute Gasteiger partial charge is 0.466 e. The van der Waals surface area contributed by atoms with Gasteiger partial charge in [0.1, 0.15) is 11.5 Å². The average molecular weight is 210 g/mol. The topological polar surface area (TPSA) is 51.2 Å². The predicted octanol–water partition coefficient (Wildman–Crippen LogP) is 2.28. The molecule has 1 aromatic heterocycles. The van der Waals surface area contributed by atoms with Crippen LogP contribution < -0.4 is 11.1 Å². The standard InChI is InChI=1S/C12H22N2O/c1-8-6-11(10(3)15-8)9(2)14-7-12(4,5)13/h6,9,14H,7,13H2,1-5H3. The van der Waals surface area contributed by atoms with Crippen molar-refractivity contribution < 1.29 is 4.42 Å². The van der Waals surface area contributed by atoms with Gasteiger partial charge in [-0.1, -0.05) is 0 Å². The molecule has 0 aliphatic rings. The van der Waals surface area contributed by atoms with Crippen molar-refractivity contribution in [3.05, 3.63) is 23.2 Å². The fraction of sp³-hybridized carbons (Fsp3) is 0.667. The molecule has 0 fully saturated rings. The Bertz CT molecular complexity index is 323. The van der Waals surface area contributed by atoms with Crippen LogP contribution in [0.5, 0.6) is 0 Å². The van der Waals surface area contributed by atoms with Crippen LogP contribution in [0.4, 0.5) is 0 Å². The van der Waals surface area contributed by atoms with E-state index >= 15 is 0 Å². The molecule has 3 N–H and O–H groups in total. The summed E-state index contributed by atoms with van der Waals surface area (Å²) in [6.07, 6.45) is 0. The first-order valence-corrected chi connectivity index (χ1v) is 5.39. The molecule has 0 aromatic carbocycles. The molecule has 1 unspecified atom stereocenters. The second-order valence-electron chi connectivity index (χ2n) is 4.96. The van der Waals surface area contributed by atoms with Gasteiger partial charge in [0.25, 0.3) is 0 Å². The van der Waals surface area contributed by atoms with Crippen molar-refractivity contribution in [3.8, 4) is 0 Å². The van der Waals surface area contributed by atoms with E-state index in [1.165, 1.54) is 5.56 Å². The Morgan fingerprint density at radius 2 is 2.07 bits per heavy atom. The summed E-state index contributed by atoms with van der Waals surface area (Å²) in [5, 5.41) is 3.41. The third-order valence-electron chi connectivity index (χ3n) is 2.41. The van der Waals surface area contributed by atoms with E-state index in [9.17, 15) is 0 Å². The molecule has 86 valence electrons.